The first-order valence-electron chi connectivity index (χ1n) is 7.88. The van der Waals surface area contributed by atoms with E-state index in [0.29, 0.717) is 5.69 Å². The summed E-state index contributed by atoms with van der Waals surface area (Å²) in [6.07, 6.45) is 3.10. The van der Waals surface area contributed by atoms with Crippen LogP contribution in [-0.2, 0) is 23.9 Å². The highest BCUT2D eigenvalue weighted by Gasteiger charge is 2.68. The van der Waals surface area contributed by atoms with Crippen LogP contribution in [0.15, 0.2) is 36.4 Å². The molecule has 0 aromatic heterocycles. The molecule has 2 amide bonds. The van der Waals surface area contributed by atoms with Gasteiger partial charge in [-0.25, -0.2) is 4.90 Å². The van der Waals surface area contributed by atoms with Crippen molar-refractivity contribution in [1.82, 2.24) is 0 Å². The minimum Gasteiger partial charge on any atom is -0.462 e. The lowest BCUT2D eigenvalue weighted by atomic mass is 9.77. The number of carbonyl (C=O) groups excluding carboxylic acids is 3. The molecule has 2 saturated heterocycles. The van der Waals surface area contributed by atoms with Crippen molar-refractivity contribution >= 4 is 23.5 Å². The van der Waals surface area contributed by atoms with E-state index in [9.17, 15) is 14.4 Å². The van der Waals surface area contributed by atoms with E-state index in [0.717, 1.165) is 5.56 Å². The first kappa shape index (κ1) is 15.1. The molecule has 3 aliphatic rings. The Hall–Kier alpha value is -2.47. The van der Waals surface area contributed by atoms with Crippen LogP contribution in [0.2, 0.25) is 0 Å². The van der Waals surface area contributed by atoms with E-state index in [-0.39, 0.29) is 18.4 Å². The lowest BCUT2D eigenvalue weighted by Gasteiger charge is -2.28. The zero-order chi connectivity index (χ0) is 17.1. The second-order valence-corrected chi connectivity index (χ2v) is 6.48. The van der Waals surface area contributed by atoms with Crippen LogP contribution in [0.1, 0.15) is 12.5 Å². The molecule has 3 heterocycles. The van der Waals surface area contributed by atoms with Crippen LogP contribution >= 0.6 is 0 Å². The van der Waals surface area contributed by atoms with Gasteiger partial charge in [0.25, 0.3) is 0 Å². The fraction of sp³-hybridized carbons (Fsp3) is 0.389. The SMILES string of the molecule is CC(=O)OC[C@@]12C=C[C@H](O1)[C@H]1C(=O)N(c3ccccc3C)C(=O)[C@H]12. The molecule has 124 valence electrons. The summed E-state index contributed by atoms with van der Waals surface area (Å²) in [5, 5.41) is 0. The van der Waals surface area contributed by atoms with Gasteiger partial charge >= 0.3 is 5.97 Å². The number of para-hydroxylation sites is 1. The maximum atomic E-state index is 13.0. The molecule has 0 spiro atoms. The molecule has 24 heavy (non-hydrogen) atoms. The van der Waals surface area contributed by atoms with Gasteiger partial charge in [-0.05, 0) is 24.6 Å². The summed E-state index contributed by atoms with van der Waals surface area (Å²) >= 11 is 0. The third-order valence-corrected chi connectivity index (χ3v) is 5.01. The van der Waals surface area contributed by atoms with Crippen LogP contribution < -0.4 is 4.90 Å². The minimum absolute atomic E-state index is 0.0584. The van der Waals surface area contributed by atoms with E-state index in [4.69, 9.17) is 9.47 Å². The van der Waals surface area contributed by atoms with Crippen molar-refractivity contribution in [2.24, 2.45) is 11.8 Å². The van der Waals surface area contributed by atoms with Gasteiger partial charge in [-0.2, -0.15) is 0 Å². The number of nitrogens with zero attached hydrogens (tertiary/aromatic N) is 1. The van der Waals surface area contributed by atoms with Crippen molar-refractivity contribution in [1.29, 1.82) is 0 Å². The van der Waals surface area contributed by atoms with Crippen molar-refractivity contribution in [3.8, 4) is 0 Å². The van der Waals surface area contributed by atoms with Crippen LogP contribution in [0.25, 0.3) is 0 Å². The van der Waals surface area contributed by atoms with Crippen molar-refractivity contribution in [3.05, 3.63) is 42.0 Å². The second kappa shape index (κ2) is 5.01. The fourth-order valence-electron chi connectivity index (χ4n) is 3.93. The molecule has 2 fully saturated rings. The van der Waals surface area contributed by atoms with E-state index >= 15 is 0 Å². The molecule has 2 bridgehead atoms. The Kier molecular flexibility index (Phi) is 3.15. The quantitative estimate of drug-likeness (QED) is 0.476. The number of carbonyl (C=O) groups is 3. The lowest BCUT2D eigenvalue weighted by molar-refractivity contribution is -0.150. The molecule has 3 aliphatic heterocycles. The largest absolute Gasteiger partial charge is 0.462 e. The highest BCUT2D eigenvalue weighted by molar-refractivity contribution is 6.23. The Bertz CT molecular complexity index is 785. The standard InChI is InChI=1S/C18H17NO5/c1-10-5-3-4-6-12(10)19-16(21)14-13-7-8-18(24-13,9-23-11(2)20)15(14)17(19)22/h3-8,13-15H,9H2,1-2H3/t13-,14+,15-,18+/m0/s1. The van der Waals surface area contributed by atoms with Crippen LogP contribution in [-0.4, -0.2) is 36.1 Å². The number of benzene rings is 1. The highest BCUT2D eigenvalue weighted by Crippen LogP contribution is 2.52. The maximum Gasteiger partial charge on any atom is 0.302 e. The number of hydrogen-bond donors (Lipinski definition) is 0. The normalized spacial score (nSPS) is 33.2. The lowest BCUT2D eigenvalue weighted by Crippen LogP contribution is -2.44. The van der Waals surface area contributed by atoms with E-state index in [1.165, 1.54) is 11.8 Å². The molecule has 0 N–H and O–H groups in total. The molecule has 6 nitrogen and oxygen atoms in total. The topological polar surface area (TPSA) is 72.9 Å². The average Bonchev–Trinajstić information content (AvgIpc) is 3.18. The van der Waals surface area contributed by atoms with Crippen molar-refractivity contribution < 1.29 is 23.9 Å². The maximum absolute atomic E-state index is 13.0. The molecule has 1 aromatic carbocycles. The molecule has 0 aliphatic carbocycles. The monoisotopic (exact) mass is 327 g/mol. The molecule has 0 radical (unpaired) electrons. The first-order valence-corrected chi connectivity index (χ1v) is 7.88. The van der Waals surface area contributed by atoms with Gasteiger partial charge in [0.05, 0.1) is 23.6 Å². The van der Waals surface area contributed by atoms with E-state index < -0.39 is 29.5 Å². The van der Waals surface area contributed by atoms with Gasteiger partial charge in [0, 0.05) is 6.92 Å². The Morgan fingerprint density at radius 2 is 2.04 bits per heavy atom. The number of amides is 2. The molecule has 0 unspecified atom stereocenters. The van der Waals surface area contributed by atoms with Crippen molar-refractivity contribution in [2.75, 3.05) is 11.5 Å². The Morgan fingerprint density at radius 1 is 1.29 bits per heavy atom. The number of imide groups is 1. The number of hydrogen-bond acceptors (Lipinski definition) is 5. The first-order chi connectivity index (χ1) is 11.4. The van der Waals surface area contributed by atoms with Crippen LogP contribution in [0.3, 0.4) is 0 Å². The number of esters is 1. The number of fused-ring (bicyclic) bond motifs is 5. The number of rotatable bonds is 3. The summed E-state index contributed by atoms with van der Waals surface area (Å²) in [4.78, 5) is 38.4. The number of anilines is 1. The Morgan fingerprint density at radius 3 is 2.75 bits per heavy atom. The summed E-state index contributed by atoms with van der Waals surface area (Å²) in [7, 11) is 0. The summed E-state index contributed by atoms with van der Waals surface area (Å²) in [6.45, 7) is 3.11. The number of ether oxygens (including phenoxy) is 2. The molecule has 6 heteroatoms. The van der Waals surface area contributed by atoms with Gasteiger partial charge in [-0.3, -0.25) is 14.4 Å². The molecule has 0 saturated carbocycles. The summed E-state index contributed by atoms with van der Waals surface area (Å²) in [5.74, 6) is -2.20. The molecule has 4 atom stereocenters. The van der Waals surface area contributed by atoms with Gasteiger partial charge in [0.1, 0.15) is 12.2 Å². The molecule has 4 rings (SSSR count). The van der Waals surface area contributed by atoms with Gasteiger partial charge in [-0.15, -0.1) is 0 Å². The molecular weight excluding hydrogens is 310 g/mol. The molecule has 1 aromatic rings. The summed E-state index contributed by atoms with van der Waals surface area (Å²) in [5.41, 5.74) is 0.420. The van der Waals surface area contributed by atoms with Crippen molar-refractivity contribution in [3.63, 3.8) is 0 Å². The predicted octanol–water partition coefficient (Wildman–Crippen LogP) is 1.37. The highest BCUT2D eigenvalue weighted by atomic mass is 16.6. The zero-order valence-corrected chi connectivity index (χ0v) is 13.4. The van der Waals surface area contributed by atoms with Crippen LogP contribution in [0.5, 0.6) is 0 Å². The number of aryl methyl sites for hydroxylation is 1. The average molecular weight is 327 g/mol. The van der Waals surface area contributed by atoms with Gasteiger partial charge in [0.15, 0.2) is 0 Å². The Labute approximate surface area is 139 Å². The molecular formula is C18H17NO5. The van der Waals surface area contributed by atoms with Gasteiger partial charge < -0.3 is 9.47 Å². The van der Waals surface area contributed by atoms with Gasteiger partial charge in [-0.1, -0.05) is 24.3 Å². The fourth-order valence-corrected chi connectivity index (χ4v) is 3.93. The van der Waals surface area contributed by atoms with E-state index in [2.05, 4.69) is 0 Å². The summed E-state index contributed by atoms with van der Waals surface area (Å²) < 4.78 is 11.0. The van der Waals surface area contributed by atoms with E-state index in [1.54, 1.807) is 24.3 Å². The Balaban J connectivity index is 1.72. The summed E-state index contributed by atoms with van der Waals surface area (Å²) in [6, 6.07) is 7.29. The van der Waals surface area contributed by atoms with Crippen LogP contribution in [0.4, 0.5) is 5.69 Å². The predicted molar refractivity (Wildman–Crippen MR) is 84.0 cm³/mol. The van der Waals surface area contributed by atoms with Crippen LogP contribution in [0, 0.1) is 18.8 Å². The second-order valence-electron chi connectivity index (χ2n) is 6.48. The van der Waals surface area contributed by atoms with Crippen molar-refractivity contribution in [2.45, 2.75) is 25.6 Å². The smallest absolute Gasteiger partial charge is 0.302 e. The van der Waals surface area contributed by atoms with E-state index in [1.807, 2.05) is 19.1 Å². The third-order valence-electron chi connectivity index (χ3n) is 5.01. The minimum atomic E-state index is -1.04. The van der Waals surface area contributed by atoms with Gasteiger partial charge in [0.2, 0.25) is 11.8 Å². The zero-order valence-electron chi connectivity index (χ0n) is 13.4. The third kappa shape index (κ3) is 1.89.